The van der Waals surface area contributed by atoms with Crippen molar-refractivity contribution in [2.75, 3.05) is 7.05 Å². The molecule has 2 aromatic rings. The van der Waals surface area contributed by atoms with Gasteiger partial charge in [-0.2, -0.15) is 5.26 Å². The molecule has 0 aliphatic carbocycles. The minimum atomic E-state index is -0.196. The second-order valence-electron chi connectivity index (χ2n) is 4.62. The molecule has 0 saturated heterocycles. The van der Waals surface area contributed by atoms with E-state index >= 15 is 0 Å². The molecule has 4 nitrogen and oxygen atoms in total. The molecular formula is C16H15N3O. The van der Waals surface area contributed by atoms with Crippen LogP contribution in [0.5, 0.6) is 0 Å². The van der Waals surface area contributed by atoms with Crippen LogP contribution in [0.2, 0.25) is 0 Å². The lowest BCUT2D eigenvalue weighted by Gasteiger charge is -2.18. The molecule has 0 unspecified atom stereocenters. The number of rotatable bonds is 3. The van der Waals surface area contributed by atoms with Crippen LogP contribution >= 0.6 is 0 Å². The normalized spacial score (nSPS) is 9.85. The Bertz CT molecular complexity index is 673. The Morgan fingerprint density at radius 1 is 1.35 bits per heavy atom. The number of aryl methyl sites for hydroxylation is 1. The standard InChI is InChI=1S/C16H15N3O/c1-12-5-3-4-6-14(12)11-19(2)16(20)15-10-18-8-7-13(15)9-17/h3-8,10H,11H2,1-2H3. The first-order chi connectivity index (χ1) is 9.63. The average Bonchev–Trinajstić information content (AvgIpc) is 2.48. The number of benzene rings is 1. The van der Waals surface area contributed by atoms with Crippen LogP contribution in [0.15, 0.2) is 42.7 Å². The minimum Gasteiger partial charge on any atom is -0.337 e. The van der Waals surface area contributed by atoms with Gasteiger partial charge in [-0.3, -0.25) is 9.78 Å². The molecule has 1 aromatic carbocycles. The summed E-state index contributed by atoms with van der Waals surface area (Å²) < 4.78 is 0. The highest BCUT2D eigenvalue weighted by molar-refractivity contribution is 5.96. The molecule has 0 fully saturated rings. The third-order valence-electron chi connectivity index (χ3n) is 3.19. The molecule has 0 saturated carbocycles. The van der Waals surface area contributed by atoms with E-state index in [4.69, 9.17) is 5.26 Å². The zero-order valence-electron chi connectivity index (χ0n) is 11.5. The van der Waals surface area contributed by atoms with Crippen LogP contribution < -0.4 is 0 Å². The van der Waals surface area contributed by atoms with Crippen LogP contribution in [0.3, 0.4) is 0 Å². The average molecular weight is 265 g/mol. The fourth-order valence-electron chi connectivity index (χ4n) is 1.98. The molecule has 0 radical (unpaired) electrons. The Balaban J connectivity index is 2.22. The van der Waals surface area contributed by atoms with Crippen molar-refractivity contribution in [3.63, 3.8) is 0 Å². The van der Waals surface area contributed by atoms with Crippen LogP contribution in [0.1, 0.15) is 27.0 Å². The van der Waals surface area contributed by atoms with Gasteiger partial charge in [0.05, 0.1) is 11.1 Å². The summed E-state index contributed by atoms with van der Waals surface area (Å²) >= 11 is 0. The van der Waals surface area contributed by atoms with Gasteiger partial charge in [-0.05, 0) is 24.1 Å². The highest BCUT2D eigenvalue weighted by atomic mass is 16.2. The van der Waals surface area contributed by atoms with Gasteiger partial charge in [0.25, 0.3) is 5.91 Å². The van der Waals surface area contributed by atoms with E-state index in [0.717, 1.165) is 11.1 Å². The van der Waals surface area contributed by atoms with Crippen LogP contribution in [0.25, 0.3) is 0 Å². The molecule has 0 aliphatic rings. The molecule has 1 aromatic heterocycles. The van der Waals surface area contributed by atoms with Crippen molar-refractivity contribution in [3.8, 4) is 6.07 Å². The SMILES string of the molecule is Cc1ccccc1CN(C)C(=O)c1cnccc1C#N. The number of nitriles is 1. The van der Waals surface area contributed by atoms with Crippen LogP contribution in [-0.4, -0.2) is 22.8 Å². The Morgan fingerprint density at radius 3 is 2.80 bits per heavy atom. The van der Waals surface area contributed by atoms with Gasteiger partial charge in [-0.25, -0.2) is 0 Å². The van der Waals surface area contributed by atoms with Gasteiger partial charge < -0.3 is 4.90 Å². The van der Waals surface area contributed by atoms with Gasteiger partial charge in [0, 0.05) is 26.0 Å². The Kier molecular flexibility index (Phi) is 4.11. The second-order valence-corrected chi connectivity index (χ2v) is 4.62. The number of hydrogen-bond donors (Lipinski definition) is 0. The fraction of sp³-hybridized carbons (Fsp3) is 0.188. The lowest BCUT2D eigenvalue weighted by molar-refractivity contribution is 0.0784. The summed E-state index contributed by atoms with van der Waals surface area (Å²) in [6.07, 6.45) is 2.95. The van der Waals surface area contributed by atoms with Crippen LogP contribution in [0.4, 0.5) is 0 Å². The predicted octanol–water partition coefficient (Wildman–Crippen LogP) is 2.53. The predicted molar refractivity (Wildman–Crippen MR) is 75.9 cm³/mol. The van der Waals surface area contributed by atoms with Crippen LogP contribution in [-0.2, 0) is 6.54 Å². The summed E-state index contributed by atoms with van der Waals surface area (Å²) in [6, 6.07) is 11.5. The highest BCUT2D eigenvalue weighted by Gasteiger charge is 2.16. The van der Waals surface area contributed by atoms with Crippen molar-refractivity contribution in [2.24, 2.45) is 0 Å². The molecule has 0 spiro atoms. The van der Waals surface area contributed by atoms with E-state index in [1.54, 1.807) is 18.0 Å². The third-order valence-corrected chi connectivity index (χ3v) is 3.19. The van der Waals surface area contributed by atoms with E-state index in [2.05, 4.69) is 4.98 Å². The summed E-state index contributed by atoms with van der Waals surface area (Å²) in [5.74, 6) is -0.196. The van der Waals surface area contributed by atoms with Crippen molar-refractivity contribution in [1.29, 1.82) is 5.26 Å². The highest BCUT2D eigenvalue weighted by Crippen LogP contribution is 2.13. The van der Waals surface area contributed by atoms with Gasteiger partial charge in [0.15, 0.2) is 0 Å². The molecule has 0 atom stereocenters. The van der Waals surface area contributed by atoms with Gasteiger partial charge in [0.2, 0.25) is 0 Å². The number of hydrogen-bond acceptors (Lipinski definition) is 3. The van der Waals surface area contributed by atoms with Gasteiger partial charge >= 0.3 is 0 Å². The molecule has 1 amide bonds. The summed E-state index contributed by atoms with van der Waals surface area (Å²) in [6.45, 7) is 2.52. The topological polar surface area (TPSA) is 57.0 Å². The number of amides is 1. The number of nitrogens with zero attached hydrogens (tertiary/aromatic N) is 3. The third kappa shape index (κ3) is 2.83. The van der Waals surface area contributed by atoms with E-state index in [1.165, 1.54) is 12.4 Å². The smallest absolute Gasteiger partial charge is 0.256 e. The maximum absolute atomic E-state index is 12.4. The lowest BCUT2D eigenvalue weighted by atomic mass is 10.1. The first-order valence-corrected chi connectivity index (χ1v) is 6.27. The Hall–Kier alpha value is -2.67. The minimum absolute atomic E-state index is 0.196. The van der Waals surface area contributed by atoms with Crippen molar-refractivity contribution < 1.29 is 4.79 Å². The first-order valence-electron chi connectivity index (χ1n) is 6.27. The van der Waals surface area contributed by atoms with Crippen molar-refractivity contribution in [2.45, 2.75) is 13.5 Å². The molecule has 1 heterocycles. The molecule has 0 bridgehead atoms. The molecule has 20 heavy (non-hydrogen) atoms. The monoisotopic (exact) mass is 265 g/mol. The Labute approximate surface area is 118 Å². The zero-order valence-corrected chi connectivity index (χ0v) is 11.5. The summed E-state index contributed by atoms with van der Waals surface area (Å²) in [4.78, 5) is 17.9. The quantitative estimate of drug-likeness (QED) is 0.857. The van der Waals surface area contributed by atoms with E-state index in [1.807, 2.05) is 37.3 Å². The maximum atomic E-state index is 12.4. The van der Waals surface area contributed by atoms with E-state index in [0.29, 0.717) is 17.7 Å². The second kappa shape index (κ2) is 5.98. The van der Waals surface area contributed by atoms with Crippen molar-refractivity contribution >= 4 is 5.91 Å². The zero-order chi connectivity index (χ0) is 14.5. The van der Waals surface area contributed by atoms with Crippen LogP contribution in [0, 0.1) is 18.3 Å². The van der Waals surface area contributed by atoms with Crippen molar-refractivity contribution in [1.82, 2.24) is 9.88 Å². The van der Waals surface area contributed by atoms with E-state index in [-0.39, 0.29) is 5.91 Å². The van der Waals surface area contributed by atoms with Gasteiger partial charge in [0.1, 0.15) is 6.07 Å². The maximum Gasteiger partial charge on any atom is 0.256 e. The Morgan fingerprint density at radius 2 is 2.10 bits per heavy atom. The number of aromatic nitrogens is 1. The largest absolute Gasteiger partial charge is 0.337 e. The first kappa shape index (κ1) is 13.8. The number of carbonyl (C=O) groups excluding carboxylic acids is 1. The molecule has 100 valence electrons. The lowest BCUT2D eigenvalue weighted by Crippen LogP contribution is -2.27. The molecule has 2 rings (SSSR count). The van der Waals surface area contributed by atoms with Gasteiger partial charge in [-0.15, -0.1) is 0 Å². The number of pyridine rings is 1. The van der Waals surface area contributed by atoms with E-state index < -0.39 is 0 Å². The summed E-state index contributed by atoms with van der Waals surface area (Å²) in [5.41, 5.74) is 2.91. The van der Waals surface area contributed by atoms with E-state index in [9.17, 15) is 4.79 Å². The van der Waals surface area contributed by atoms with Crippen molar-refractivity contribution in [3.05, 3.63) is 65.0 Å². The number of carbonyl (C=O) groups is 1. The molecule has 4 heteroatoms. The fourth-order valence-corrected chi connectivity index (χ4v) is 1.98. The van der Waals surface area contributed by atoms with Gasteiger partial charge in [-0.1, -0.05) is 24.3 Å². The summed E-state index contributed by atoms with van der Waals surface area (Å²) in [7, 11) is 1.73. The molecular weight excluding hydrogens is 250 g/mol. The summed E-state index contributed by atoms with van der Waals surface area (Å²) in [5, 5.41) is 9.03. The molecule has 0 N–H and O–H groups in total. The molecule has 0 aliphatic heterocycles.